The number of carbonyl (C=O) groups is 2. The number of benzene rings is 3. The topological polar surface area (TPSA) is 49.9 Å². The van der Waals surface area contributed by atoms with Gasteiger partial charge in [0, 0.05) is 41.9 Å². The second kappa shape index (κ2) is 10.5. The lowest BCUT2D eigenvalue weighted by atomic mass is 9.70. The van der Waals surface area contributed by atoms with Gasteiger partial charge in [-0.3, -0.25) is 4.79 Å². The summed E-state index contributed by atoms with van der Waals surface area (Å²) in [5.74, 6) is 0.0551. The Balaban J connectivity index is 1.62. The molecular formula is C30H35ClN2O3. The number of nitrogens with zero attached hydrogens (tertiary/aromatic N) is 2. The third-order valence-corrected chi connectivity index (χ3v) is 7.18. The van der Waals surface area contributed by atoms with Crippen molar-refractivity contribution in [3.63, 3.8) is 0 Å². The van der Waals surface area contributed by atoms with Gasteiger partial charge in [-0.05, 0) is 63.6 Å². The van der Waals surface area contributed by atoms with Crippen molar-refractivity contribution in [2.24, 2.45) is 0 Å². The third kappa shape index (κ3) is 5.67. The molecule has 2 amide bonds. The number of hydrogen-bond donors (Lipinski definition) is 0. The average molecular weight is 507 g/mol. The minimum atomic E-state index is -0.539. The molecule has 3 aromatic rings. The van der Waals surface area contributed by atoms with Crippen LogP contribution in [0.2, 0.25) is 5.02 Å². The van der Waals surface area contributed by atoms with Crippen LogP contribution >= 0.6 is 11.6 Å². The highest BCUT2D eigenvalue weighted by atomic mass is 35.5. The molecule has 4 rings (SSSR count). The lowest BCUT2D eigenvalue weighted by molar-refractivity contribution is -0.120. The number of amides is 2. The predicted octanol–water partition coefficient (Wildman–Crippen LogP) is 7.21. The van der Waals surface area contributed by atoms with Gasteiger partial charge >= 0.3 is 6.09 Å². The minimum absolute atomic E-state index is 0.0551. The maximum atomic E-state index is 14.0. The highest BCUT2D eigenvalue weighted by Gasteiger charge is 2.41. The van der Waals surface area contributed by atoms with Gasteiger partial charge in [0.1, 0.15) is 5.60 Å². The number of ether oxygens (including phenoxy) is 1. The number of carbonyl (C=O) groups excluding carboxylic acids is 2. The monoisotopic (exact) mass is 506 g/mol. The van der Waals surface area contributed by atoms with Gasteiger partial charge in [0.05, 0.1) is 5.69 Å². The molecule has 6 heteroatoms. The molecule has 0 aromatic heterocycles. The molecule has 0 saturated carbocycles. The number of fused-ring (bicyclic) bond motifs is 1. The lowest BCUT2D eigenvalue weighted by Crippen LogP contribution is -2.48. The molecule has 0 N–H and O–H groups in total. The molecular weight excluding hydrogens is 472 g/mol. The summed E-state index contributed by atoms with van der Waals surface area (Å²) >= 11 is 6.45. The molecule has 3 aromatic carbocycles. The van der Waals surface area contributed by atoms with Crippen LogP contribution in [-0.2, 0) is 14.9 Å². The van der Waals surface area contributed by atoms with Crippen molar-refractivity contribution in [1.29, 1.82) is 0 Å². The first-order valence-electron chi connectivity index (χ1n) is 12.6. The highest BCUT2D eigenvalue weighted by molar-refractivity contribution is 6.32. The molecule has 1 aliphatic heterocycles. The summed E-state index contributed by atoms with van der Waals surface area (Å²) in [6, 6.07) is 22.0. The van der Waals surface area contributed by atoms with E-state index in [-0.39, 0.29) is 17.4 Å². The average Bonchev–Trinajstić information content (AvgIpc) is 2.84. The van der Waals surface area contributed by atoms with Crippen molar-refractivity contribution in [2.75, 3.05) is 24.5 Å². The molecule has 36 heavy (non-hydrogen) atoms. The fourth-order valence-corrected chi connectivity index (χ4v) is 5.37. The number of anilines is 1. The van der Waals surface area contributed by atoms with Crippen LogP contribution in [0.15, 0.2) is 66.7 Å². The Hall–Kier alpha value is -3.05. The zero-order chi connectivity index (χ0) is 25.9. The van der Waals surface area contributed by atoms with Crippen molar-refractivity contribution in [3.05, 3.63) is 77.3 Å². The fraction of sp³-hybridized carbons (Fsp3) is 0.400. The first-order chi connectivity index (χ1) is 17.1. The number of likely N-dealkylation sites (tertiary alicyclic amines) is 1. The Kier molecular flexibility index (Phi) is 7.60. The van der Waals surface area contributed by atoms with E-state index in [0.29, 0.717) is 43.9 Å². The van der Waals surface area contributed by atoms with E-state index in [9.17, 15) is 9.59 Å². The molecule has 0 atom stereocenters. The number of halogens is 1. The molecule has 1 fully saturated rings. The second-order valence-corrected chi connectivity index (χ2v) is 11.0. The number of piperidine rings is 1. The van der Waals surface area contributed by atoms with Crippen LogP contribution in [0, 0.1) is 0 Å². The van der Waals surface area contributed by atoms with Crippen LogP contribution in [0.1, 0.15) is 52.5 Å². The summed E-state index contributed by atoms with van der Waals surface area (Å²) in [6.07, 6.45) is 1.44. The smallest absolute Gasteiger partial charge is 0.410 e. The van der Waals surface area contributed by atoms with E-state index < -0.39 is 5.60 Å². The van der Waals surface area contributed by atoms with Gasteiger partial charge in [-0.1, -0.05) is 66.2 Å². The quantitative estimate of drug-likeness (QED) is 0.367. The molecule has 0 radical (unpaired) electrons. The zero-order valence-electron chi connectivity index (χ0n) is 21.6. The van der Waals surface area contributed by atoms with Crippen molar-refractivity contribution in [3.8, 4) is 0 Å². The molecule has 1 saturated heterocycles. The van der Waals surface area contributed by atoms with E-state index in [1.807, 2.05) is 87.2 Å². The SMILES string of the molecule is CCN(C(=O)CC1(c2ccccc2)CCN(C(=O)OC(C)(C)C)CC1)c1cc(Cl)cc2ccccc12. The Morgan fingerprint density at radius 1 is 1.00 bits per heavy atom. The summed E-state index contributed by atoms with van der Waals surface area (Å²) in [6.45, 7) is 9.25. The number of hydrogen-bond acceptors (Lipinski definition) is 3. The van der Waals surface area contributed by atoms with Gasteiger partial charge in [-0.2, -0.15) is 0 Å². The zero-order valence-corrected chi connectivity index (χ0v) is 22.3. The van der Waals surface area contributed by atoms with Crippen molar-refractivity contribution < 1.29 is 14.3 Å². The van der Waals surface area contributed by atoms with Gasteiger partial charge < -0.3 is 14.5 Å². The van der Waals surface area contributed by atoms with Gasteiger partial charge in [-0.25, -0.2) is 4.79 Å². The molecule has 0 bridgehead atoms. The van der Waals surface area contributed by atoms with Gasteiger partial charge in [-0.15, -0.1) is 0 Å². The normalized spacial score (nSPS) is 15.5. The Bertz CT molecular complexity index is 1230. The van der Waals surface area contributed by atoms with E-state index in [2.05, 4.69) is 12.1 Å². The van der Waals surface area contributed by atoms with E-state index in [1.54, 1.807) is 4.90 Å². The molecule has 0 unspecified atom stereocenters. The predicted molar refractivity (Wildman–Crippen MR) is 147 cm³/mol. The highest BCUT2D eigenvalue weighted by Crippen LogP contribution is 2.41. The first kappa shape index (κ1) is 26.0. The second-order valence-electron chi connectivity index (χ2n) is 10.6. The van der Waals surface area contributed by atoms with Crippen molar-refractivity contribution in [1.82, 2.24) is 4.90 Å². The fourth-order valence-electron chi connectivity index (χ4n) is 5.15. The van der Waals surface area contributed by atoms with Gasteiger partial charge in [0.25, 0.3) is 0 Å². The summed E-state index contributed by atoms with van der Waals surface area (Å²) in [5, 5.41) is 2.62. The van der Waals surface area contributed by atoms with Crippen LogP contribution in [0.4, 0.5) is 10.5 Å². The largest absolute Gasteiger partial charge is 0.444 e. The van der Waals surface area contributed by atoms with Crippen LogP contribution in [0.5, 0.6) is 0 Å². The van der Waals surface area contributed by atoms with Gasteiger partial charge in [0.2, 0.25) is 5.91 Å². The van der Waals surface area contributed by atoms with Crippen LogP contribution in [0.3, 0.4) is 0 Å². The summed E-state index contributed by atoms with van der Waals surface area (Å²) in [5.41, 5.74) is 1.07. The summed E-state index contributed by atoms with van der Waals surface area (Å²) < 4.78 is 5.60. The van der Waals surface area contributed by atoms with Crippen LogP contribution < -0.4 is 4.90 Å². The minimum Gasteiger partial charge on any atom is -0.444 e. The maximum absolute atomic E-state index is 14.0. The van der Waals surface area contributed by atoms with Crippen molar-refractivity contribution >= 4 is 40.1 Å². The maximum Gasteiger partial charge on any atom is 0.410 e. The number of rotatable bonds is 5. The first-order valence-corrected chi connectivity index (χ1v) is 13.0. The van der Waals surface area contributed by atoms with E-state index in [1.165, 1.54) is 0 Å². The standard InChI is InChI=1S/C30H35ClN2O3/c1-5-33(26-20-24(31)19-22-11-9-10-14-25(22)26)27(34)21-30(23-12-7-6-8-13-23)15-17-32(18-16-30)28(35)36-29(2,3)4/h6-14,19-20H,5,15-18,21H2,1-4H3. The van der Waals surface area contributed by atoms with Crippen LogP contribution in [-0.4, -0.2) is 42.1 Å². The molecule has 190 valence electrons. The Labute approximate surface area is 219 Å². The molecule has 5 nitrogen and oxygen atoms in total. The van der Waals surface area contributed by atoms with Crippen LogP contribution in [0.25, 0.3) is 10.8 Å². The lowest BCUT2D eigenvalue weighted by Gasteiger charge is -2.43. The van der Waals surface area contributed by atoms with Crippen molar-refractivity contribution in [2.45, 2.75) is 58.0 Å². The Morgan fingerprint density at radius 3 is 2.28 bits per heavy atom. The van der Waals surface area contributed by atoms with E-state index >= 15 is 0 Å². The molecule has 0 spiro atoms. The van der Waals surface area contributed by atoms with E-state index in [0.717, 1.165) is 22.0 Å². The van der Waals surface area contributed by atoms with Gasteiger partial charge in [0.15, 0.2) is 0 Å². The van der Waals surface area contributed by atoms with E-state index in [4.69, 9.17) is 16.3 Å². The molecule has 1 aliphatic rings. The summed E-state index contributed by atoms with van der Waals surface area (Å²) in [7, 11) is 0. The summed E-state index contributed by atoms with van der Waals surface area (Å²) in [4.78, 5) is 30.3. The third-order valence-electron chi connectivity index (χ3n) is 6.96. The molecule has 1 heterocycles. The molecule has 0 aliphatic carbocycles. The Morgan fingerprint density at radius 2 is 1.64 bits per heavy atom.